The molecule has 1 aliphatic rings. The summed E-state index contributed by atoms with van der Waals surface area (Å²) in [4.78, 5) is 28.8. The van der Waals surface area contributed by atoms with E-state index in [0.29, 0.717) is 26.1 Å². The van der Waals surface area contributed by atoms with Crippen molar-refractivity contribution in [1.82, 2.24) is 9.80 Å². The van der Waals surface area contributed by atoms with Crippen molar-refractivity contribution in [2.24, 2.45) is 5.41 Å². The molecular weight excluding hydrogens is 338 g/mol. The van der Waals surface area contributed by atoms with Gasteiger partial charge in [-0.05, 0) is 34.9 Å². The maximum atomic E-state index is 12.6. The smallest absolute Gasteiger partial charge is 0.321 e. The number of urea groups is 1. The Balaban J connectivity index is 1.91. The van der Waals surface area contributed by atoms with Crippen LogP contribution in [0.3, 0.4) is 0 Å². The molecule has 0 atom stereocenters. The van der Waals surface area contributed by atoms with Gasteiger partial charge in [0.15, 0.2) is 0 Å². The molecule has 3 amide bonds. The number of carbonyl (C=O) groups excluding carboxylic acids is 2. The molecule has 2 rings (SSSR count). The molecule has 1 N–H and O–H groups in total. The number of benzene rings is 1. The number of rotatable bonds is 2. The van der Waals surface area contributed by atoms with Gasteiger partial charge in [-0.1, -0.05) is 53.7 Å². The average molecular weight is 374 g/mol. The summed E-state index contributed by atoms with van der Waals surface area (Å²) in [6.07, 6.45) is 1.35. The van der Waals surface area contributed by atoms with E-state index in [0.717, 1.165) is 18.7 Å². The molecule has 1 fully saturated rings. The highest BCUT2D eigenvalue weighted by atomic mass is 16.2. The fraction of sp³-hybridized carbons (Fsp3) is 0.636. The van der Waals surface area contributed by atoms with E-state index in [1.165, 1.54) is 5.56 Å². The van der Waals surface area contributed by atoms with E-state index < -0.39 is 0 Å². The van der Waals surface area contributed by atoms with Crippen molar-refractivity contribution in [3.05, 3.63) is 29.8 Å². The highest BCUT2D eigenvalue weighted by Gasteiger charge is 2.25. The minimum Gasteiger partial charge on any atom is -0.341 e. The van der Waals surface area contributed by atoms with Gasteiger partial charge < -0.3 is 15.1 Å². The third kappa shape index (κ3) is 6.56. The van der Waals surface area contributed by atoms with Crippen molar-refractivity contribution in [2.75, 3.05) is 31.5 Å². The molecule has 1 aromatic carbocycles. The Morgan fingerprint density at radius 1 is 0.889 bits per heavy atom. The molecule has 27 heavy (non-hydrogen) atoms. The number of amides is 3. The molecule has 5 heteroatoms. The Labute approximate surface area is 164 Å². The molecule has 0 saturated carbocycles. The minimum absolute atomic E-state index is 0.0142. The van der Waals surface area contributed by atoms with Crippen molar-refractivity contribution >= 4 is 17.6 Å². The van der Waals surface area contributed by atoms with Gasteiger partial charge in [0.2, 0.25) is 5.91 Å². The highest BCUT2D eigenvalue weighted by molar-refractivity contribution is 5.89. The van der Waals surface area contributed by atoms with Crippen molar-refractivity contribution in [3.63, 3.8) is 0 Å². The van der Waals surface area contributed by atoms with Crippen LogP contribution in [0.1, 0.15) is 59.9 Å². The number of nitrogens with zero attached hydrogens (tertiary/aromatic N) is 2. The van der Waals surface area contributed by atoms with Crippen LogP contribution in [0.5, 0.6) is 0 Å². The third-order valence-corrected chi connectivity index (χ3v) is 4.82. The summed E-state index contributed by atoms with van der Waals surface area (Å²) in [5.74, 6) is 0.183. The van der Waals surface area contributed by atoms with Crippen molar-refractivity contribution in [1.29, 1.82) is 0 Å². The zero-order valence-electron chi connectivity index (χ0n) is 17.8. The summed E-state index contributed by atoms with van der Waals surface area (Å²) in [6.45, 7) is 15.3. The lowest BCUT2D eigenvalue weighted by Gasteiger charge is -2.26. The van der Waals surface area contributed by atoms with Crippen LogP contribution in [0.2, 0.25) is 0 Å². The molecular formula is C22H35N3O2. The second-order valence-corrected chi connectivity index (χ2v) is 9.72. The van der Waals surface area contributed by atoms with Crippen molar-refractivity contribution in [3.8, 4) is 0 Å². The molecule has 0 spiro atoms. The van der Waals surface area contributed by atoms with Gasteiger partial charge >= 0.3 is 6.03 Å². The van der Waals surface area contributed by atoms with Gasteiger partial charge in [-0.3, -0.25) is 4.79 Å². The number of hydrogen-bond acceptors (Lipinski definition) is 2. The van der Waals surface area contributed by atoms with E-state index in [4.69, 9.17) is 0 Å². The lowest BCUT2D eigenvalue weighted by molar-refractivity contribution is -0.132. The van der Waals surface area contributed by atoms with Crippen LogP contribution >= 0.6 is 0 Å². The summed E-state index contributed by atoms with van der Waals surface area (Å²) >= 11 is 0. The summed E-state index contributed by atoms with van der Waals surface area (Å²) in [5.41, 5.74) is 2.12. The molecule has 1 aliphatic heterocycles. The summed E-state index contributed by atoms with van der Waals surface area (Å²) in [7, 11) is 0. The Kier molecular flexibility index (Phi) is 6.55. The Hall–Kier alpha value is -2.04. The van der Waals surface area contributed by atoms with Crippen molar-refractivity contribution in [2.45, 2.75) is 59.8 Å². The third-order valence-electron chi connectivity index (χ3n) is 4.82. The molecule has 0 unspecified atom stereocenters. The van der Waals surface area contributed by atoms with E-state index in [1.807, 2.05) is 21.9 Å². The largest absolute Gasteiger partial charge is 0.341 e. The molecule has 0 bridgehead atoms. The van der Waals surface area contributed by atoms with Gasteiger partial charge in [-0.25, -0.2) is 4.79 Å². The first-order valence-corrected chi connectivity index (χ1v) is 9.90. The topological polar surface area (TPSA) is 52.7 Å². The molecule has 0 aliphatic carbocycles. The quantitative estimate of drug-likeness (QED) is 0.830. The molecule has 1 aromatic rings. The summed E-state index contributed by atoms with van der Waals surface area (Å²) in [6, 6.07) is 7.93. The van der Waals surface area contributed by atoms with Crippen LogP contribution in [-0.4, -0.2) is 47.9 Å². The molecule has 1 heterocycles. The van der Waals surface area contributed by atoms with Crippen LogP contribution in [0.25, 0.3) is 0 Å². The second-order valence-electron chi connectivity index (χ2n) is 9.72. The van der Waals surface area contributed by atoms with E-state index in [9.17, 15) is 9.59 Å². The predicted octanol–water partition coefficient (Wildman–Crippen LogP) is 4.49. The molecule has 1 saturated heterocycles. The summed E-state index contributed by atoms with van der Waals surface area (Å²) in [5, 5.41) is 2.98. The van der Waals surface area contributed by atoms with Crippen LogP contribution in [0, 0.1) is 5.41 Å². The van der Waals surface area contributed by atoms with Crippen LogP contribution in [0.4, 0.5) is 10.5 Å². The monoisotopic (exact) mass is 373 g/mol. The standard InChI is InChI=1S/C22H35N3O2/c1-21(2,3)16-19(26)24-12-7-13-25(15-14-24)20(27)23-18-10-8-17(9-11-18)22(4,5)6/h8-11H,7,12-16H2,1-6H3,(H,23,27). The van der Waals surface area contributed by atoms with Gasteiger partial charge in [-0.2, -0.15) is 0 Å². The molecule has 150 valence electrons. The highest BCUT2D eigenvalue weighted by Crippen LogP contribution is 2.24. The zero-order chi connectivity index (χ0) is 20.2. The lowest BCUT2D eigenvalue weighted by atomic mass is 9.87. The van der Waals surface area contributed by atoms with Crippen molar-refractivity contribution < 1.29 is 9.59 Å². The second kappa shape index (κ2) is 8.32. The van der Waals surface area contributed by atoms with E-state index in [2.05, 4.69) is 59.0 Å². The first kappa shape index (κ1) is 21.3. The van der Waals surface area contributed by atoms with Gasteiger partial charge in [0, 0.05) is 38.3 Å². The molecule has 0 radical (unpaired) electrons. The average Bonchev–Trinajstić information content (AvgIpc) is 2.79. The van der Waals surface area contributed by atoms with E-state index in [1.54, 1.807) is 0 Å². The number of anilines is 1. The lowest BCUT2D eigenvalue weighted by Crippen LogP contribution is -2.40. The SMILES string of the molecule is CC(C)(C)CC(=O)N1CCCN(C(=O)Nc2ccc(C(C)(C)C)cc2)CC1. The maximum Gasteiger partial charge on any atom is 0.321 e. The molecule has 5 nitrogen and oxygen atoms in total. The van der Waals surface area contributed by atoms with Crippen LogP contribution < -0.4 is 5.32 Å². The fourth-order valence-corrected chi connectivity index (χ4v) is 3.19. The summed E-state index contributed by atoms with van der Waals surface area (Å²) < 4.78 is 0. The molecule has 0 aromatic heterocycles. The van der Waals surface area contributed by atoms with Gasteiger partial charge in [-0.15, -0.1) is 0 Å². The fourth-order valence-electron chi connectivity index (χ4n) is 3.19. The first-order valence-electron chi connectivity index (χ1n) is 9.90. The predicted molar refractivity (Wildman–Crippen MR) is 111 cm³/mol. The van der Waals surface area contributed by atoms with Gasteiger partial charge in [0.05, 0.1) is 0 Å². The van der Waals surface area contributed by atoms with Gasteiger partial charge in [0.25, 0.3) is 0 Å². The van der Waals surface area contributed by atoms with Crippen LogP contribution in [-0.2, 0) is 10.2 Å². The minimum atomic E-state index is -0.0939. The van der Waals surface area contributed by atoms with Gasteiger partial charge in [0.1, 0.15) is 0 Å². The van der Waals surface area contributed by atoms with Crippen LogP contribution in [0.15, 0.2) is 24.3 Å². The number of hydrogen-bond donors (Lipinski definition) is 1. The Morgan fingerprint density at radius 3 is 2.00 bits per heavy atom. The van der Waals surface area contributed by atoms with E-state index in [-0.39, 0.29) is 22.8 Å². The Morgan fingerprint density at radius 2 is 1.44 bits per heavy atom. The maximum absolute atomic E-state index is 12.6. The van der Waals surface area contributed by atoms with E-state index >= 15 is 0 Å². The number of nitrogens with one attached hydrogen (secondary N) is 1. The number of carbonyl (C=O) groups is 2. The first-order chi connectivity index (χ1) is 12.5. The Bertz CT molecular complexity index is 654. The normalized spacial score (nSPS) is 16.1. The zero-order valence-corrected chi connectivity index (χ0v) is 17.8.